The molecule has 338 valence electrons. The third-order valence-electron chi connectivity index (χ3n) is 10.0. The van der Waals surface area contributed by atoms with Crippen molar-refractivity contribution in [3.63, 3.8) is 0 Å². The topological polar surface area (TPSA) is 372 Å². The molecule has 13 N–H and O–H groups in total. The number of ether oxygens (including phenoxy) is 8. The van der Waals surface area contributed by atoms with Crippen LogP contribution in [0.15, 0.2) is 0 Å². The molecule has 3 saturated heterocycles. The molecule has 3 aliphatic heterocycles. The summed E-state index contributed by atoms with van der Waals surface area (Å²) in [6, 6.07) is -2.71. The SMILES string of the molecule is CCO[C@@H](OC1C(NC(C)=O)[C@H](C)OC(CO)[C@H]1O[C@@H]1OC(CO)[C@H](O)C(O[C@]2(C(=O)O)CC(O)[C@@H](NC(C)=O)C([C@H](O)[C@H](O)COC)O2)C1O)C(O)C(O)[C@@H](C)O. The summed E-state index contributed by atoms with van der Waals surface area (Å²) < 4.78 is 45.7. The fourth-order valence-electron chi connectivity index (χ4n) is 7.10. The van der Waals surface area contributed by atoms with E-state index >= 15 is 0 Å². The van der Waals surface area contributed by atoms with E-state index in [0.717, 1.165) is 13.8 Å². The summed E-state index contributed by atoms with van der Waals surface area (Å²) in [6.07, 6.45) is -31.2. The summed E-state index contributed by atoms with van der Waals surface area (Å²) in [4.78, 5) is 37.4. The first-order valence-corrected chi connectivity index (χ1v) is 18.7. The van der Waals surface area contributed by atoms with Gasteiger partial charge in [-0.05, 0) is 20.8 Å². The molecule has 2 amide bonds. The molecule has 3 rings (SSSR count). The van der Waals surface area contributed by atoms with Gasteiger partial charge in [-0.25, -0.2) is 4.79 Å². The maximum Gasteiger partial charge on any atom is 0.364 e. The van der Waals surface area contributed by atoms with Crippen LogP contribution >= 0.6 is 0 Å². The summed E-state index contributed by atoms with van der Waals surface area (Å²) in [5.74, 6) is -6.35. The Kier molecular flexibility index (Phi) is 19.0. The minimum atomic E-state index is -3.05. The van der Waals surface area contributed by atoms with Crippen LogP contribution in [0.25, 0.3) is 0 Å². The Balaban J connectivity index is 2.08. The molecule has 3 fully saturated rings. The van der Waals surface area contributed by atoms with Gasteiger partial charge in [0.05, 0.1) is 50.2 Å². The van der Waals surface area contributed by atoms with Crippen LogP contribution in [0.5, 0.6) is 0 Å². The summed E-state index contributed by atoms with van der Waals surface area (Å²) in [6.45, 7) is 4.02. The Morgan fingerprint density at radius 3 is 1.98 bits per heavy atom. The van der Waals surface area contributed by atoms with Crippen molar-refractivity contribution in [2.24, 2.45) is 0 Å². The Labute approximate surface area is 333 Å². The molecule has 0 aromatic heterocycles. The van der Waals surface area contributed by atoms with E-state index in [-0.39, 0.29) is 6.61 Å². The van der Waals surface area contributed by atoms with E-state index in [1.165, 1.54) is 27.9 Å². The van der Waals surface area contributed by atoms with Gasteiger partial charge in [0.25, 0.3) is 5.79 Å². The van der Waals surface area contributed by atoms with Crippen molar-refractivity contribution in [1.29, 1.82) is 0 Å². The third kappa shape index (κ3) is 11.7. The number of hydrogen-bond acceptors (Lipinski definition) is 21. The van der Waals surface area contributed by atoms with Crippen molar-refractivity contribution in [2.75, 3.05) is 33.5 Å². The van der Waals surface area contributed by atoms with Gasteiger partial charge in [0.2, 0.25) is 11.8 Å². The Hall–Kier alpha value is -2.31. The van der Waals surface area contributed by atoms with Gasteiger partial charge in [-0.1, -0.05) is 0 Å². The first-order valence-electron chi connectivity index (χ1n) is 18.7. The summed E-state index contributed by atoms with van der Waals surface area (Å²) in [5, 5.41) is 123. The Morgan fingerprint density at radius 2 is 1.47 bits per heavy atom. The molecule has 0 bridgehead atoms. The number of aliphatic hydroxyl groups is 10. The van der Waals surface area contributed by atoms with Crippen LogP contribution in [0.3, 0.4) is 0 Å². The van der Waals surface area contributed by atoms with E-state index in [1.807, 2.05) is 0 Å². The van der Waals surface area contributed by atoms with Crippen molar-refractivity contribution >= 4 is 17.8 Å². The van der Waals surface area contributed by atoms with Gasteiger partial charge in [-0.15, -0.1) is 0 Å². The number of nitrogens with one attached hydrogen (secondary N) is 2. The zero-order valence-corrected chi connectivity index (χ0v) is 32.9. The van der Waals surface area contributed by atoms with E-state index in [4.69, 9.17) is 37.9 Å². The van der Waals surface area contributed by atoms with Crippen molar-refractivity contribution in [3.8, 4) is 0 Å². The number of rotatable bonds is 20. The zero-order valence-electron chi connectivity index (χ0n) is 32.9. The van der Waals surface area contributed by atoms with Crippen LogP contribution in [-0.2, 0) is 52.3 Å². The van der Waals surface area contributed by atoms with E-state index in [0.29, 0.717) is 0 Å². The van der Waals surface area contributed by atoms with Gasteiger partial charge >= 0.3 is 5.97 Å². The number of aliphatic carboxylic acids is 1. The minimum Gasteiger partial charge on any atom is -0.477 e. The molecule has 0 saturated carbocycles. The van der Waals surface area contributed by atoms with Gasteiger partial charge in [0.1, 0.15) is 73.2 Å². The third-order valence-corrected chi connectivity index (χ3v) is 10.0. The number of amides is 2. The fraction of sp³-hybridized carbons (Fsp3) is 0.912. The maximum atomic E-state index is 13.0. The number of carboxylic acids is 1. The average molecular weight is 849 g/mol. The van der Waals surface area contributed by atoms with Crippen LogP contribution < -0.4 is 10.6 Å². The molecule has 3 aliphatic rings. The fourth-order valence-corrected chi connectivity index (χ4v) is 7.10. The van der Waals surface area contributed by atoms with Crippen LogP contribution in [0, 0.1) is 0 Å². The van der Waals surface area contributed by atoms with Crippen molar-refractivity contribution in [2.45, 2.75) is 163 Å². The van der Waals surface area contributed by atoms with Crippen LogP contribution in [0.2, 0.25) is 0 Å². The van der Waals surface area contributed by atoms with E-state index in [1.54, 1.807) is 0 Å². The average Bonchev–Trinajstić information content (AvgIpc) is 3.15. The predicted octanol–water partition coefficient (Wildman–Crippen LogP) is -6.87. The van der Waals surface area contributed by atoms with E-state index in [2.05, 4.69) is 10.6 Å². The molecule has 3 heterocycles. The molecule has 0 radical (unpaired) electrons. The highest BCUT2D eigenvalue weighted by Crippen LogP contribution is 2.39. The lowest BCUT2D eigenvalue weighted by Gasteiger charge is -2.51. The van der Waals surface area contributed by atoms with Crippen molar-refractivity contribution in [3.05, 3.63) is 0 Å². The lowest BCUT2D eigenvalue weighted by atomic mass is 9.88. The molecule has 58 heavy (non-hydrogen) atoms. The molecule has 0 aliphatic carbocycles. The molecule has 0 aromatic carbocycles. The van der Waals surface area contributed by atoms with Crippen molar-refractivity contribution < 1.29 is 108 Å². The van der Waals surface area contributed by atoms with Gasteiger partial charge in [0, 0.05) is 34.0 Å². The van der Waals surface area contributed by atoms with Crippen molar-refractivity contribution in [1.82, 2.24) is 10.6 Å². The largest absolute Gasteiger partial charge is 0.477 e. The predicted molar refractivity (Wildman–Crippen MR) is 188 cm³/mol. The van der Waals surface area contributed by atoms with Gasteiger partial charge < -0.3 is 105 Å². The highest BCUT2D eigenvalue weighted by molar-refractivity contribution is 5.76. The minimum absolute atomic E-state index is 0.108. The Morgan fingerprint density at radius 1 is 0.862 bits per heavy atom. The molecule has 20 atom stereocenters. The monoisotopic (exact) mass is 848 g/mol. The van der Waals surface area contributed by atoms with Gasteiger partial charge in [0.15, 0.2) is 12.6 Å². The highest BCUT2D eigenvalue weighted by atomic mass is 16.8. The smallest absolute Gasteiger partial charge is 0.364 e. The lowest BCUT2D eigenvalue weighted by molar-refractivity contribution is -0.383. The number of methoxy groups -OCH3 is 1. The number of hydrogen-bond donors (Lipinski definition) is 13. The normalized spacial score (nSPS) is 38.8. The molecule has 0 aromatic rings. The van der Waals surface area contributed by atoms with Crippen LogP contribution in [0.1, 0.15) is 41.0 Å². The van der Waals surface area contributed by atoms with Crippen LogP contribution in [-0.4, -0.2) is 230 Å². The van der Waals surface area contributed by atoms with Gasteiger partial charge in [-0.3, -0.25) is 9.59 Å². The molecule has 0 spiro atoms. The molecule has 24 nitrogen and oxygen atoms in total. The number of carboxylic acid groups (broad SMARTS) is 1. The van der Waals surface area contributed by atoms with E-state index < -0.39 is 166 Å². The second-order valence-electron chi connectivity index (χ2n) is 14.5. The summed E-state index contributed by atoms with van der Waals surface area (Å²) in [7, 11) is 1.19. The molecule has 24 heteroatoms. The molecular weight excluding hydrogens is 788 g/mol. The van der Waals surface area contributed by atoms with Crippen LogP contribution in [0.4, 0.5) is 0 Å². The lowest BCUT2D eigenvalue weighted by Crippen LogP contribution is -2.71. The summed E-state index contributed by atoms with van der Waals surface area (Å²) in [5.41, 5.74) is 0. The highest BCUT2D eigenvalue weighted by Gasteiger charge is 2.60. The van der Waals surface area contributed by atoms with E-state index in [9.17, 15) is 70.6 Å². The number of carbonyl (C=O) groups excluding carboxylic acids is 2. The van der Waals surface area contributed by atoms with Gasteiger partial charge in [-0.2, -0.15) is 0 Å². The second kappa shape index (κ2) is 22.0. The second-order valence-corrected chi connectivity index (χ2v) is 14.5. The zero-order chi connectivity index (χ0) is 43.8. The number of carbonyl (C=O) groups is 3. The summed E-state index contributed by atoms with van der Waals surface area (Å²) >= 11 is 0. The number of aliphatic hydroxyl groups excluding tert-OH is 10. The first-order chi connectivity index (χ1) is 27.2. The molecular formula is C34H60N2O22. The maximum absolute atomic E-state index is 13.0. The Bertz CT molecular complexity index is 1320. The standard InChI is InChI=1S/C34H60N2O22/c1-7-52-31(25(47)22(44)12(2)39)56-29-20(35-14(4)40)13(3)53-19(10-38)27(29)55-32-26(48)30(24(46)18(9-37)54-32)58-34(33(49)50)8-16(42)21(36-15(5)41)28(57-34)23(45)17(43)11-51-6/h12-13,16-32,37-39,42-48H,7-11H2,1-6H3,(H,35,40)(H,36,41)(H,49,50)/t12-,13+,16?,17-,18?,19?,20?,21-,22?,23-,24+,25?,26?,27-,28?,29?,30?,31+,32+,34+/m1/s1. The molecule has 10 unspecified atom stereocenters. The first kappa shape index (κ1) is 50.0. The quantitative estimate of drug-likeness (QED) is 0.0506.